The van der Waals surface area contributed by atoms with Gasteiger partial charge in [-0.15, -0.1) is 0 Å². The molecule has 0 aromatic heterocycles. The lowest BCUT2D eigenvalue weighted by Gasteiger charge is -2.21. The quantitative estimate of drug-likeness (QED) is 0.670. The van der Waals surface area contributed by atoms with Crippen LogP contribution in [-0.4, -0.2) is 0 Å². The van der Waals surface area contributed by atoms with Crippen molar-refractivity contribution in [2.75, 3.05) is 0 Å². The molecule has 0 aliphatic heterocycles. The Kier molecular flexibility index (Phi) is 4.00. The highest BCUT2D eigenvalue weighted by Crippen LogP contribution is 2.43. The summed E-state index contributed by atoms with van der Waals surface area (Å²) >= 11 is 0. The van der Waals surface area contributed by atoms with Crippen molar-refractivity contribution in [2.45, 2.75) is 13.8 Å². The van der Waals surface area contributed by atoms with Crippen LogP contribution >= 0.6 is 7.14 Å². The lowest BCUT2D eigenvalue weighted by Crippen LogP contribution is -2.26. The molecule has 3 aromatic carbocycles. The van der Waals surface area contributed by atoms with E-state index in [0.717, 1.165) is 21.5 Å². The highest BCUT2D eigenvalue weighted by molar-refractivity contribution is 7.85. The van der Waals surface area contributed by atoms with Crippen LogP contribution in [0.15, 0.2) is 78.9 Å². The minimum Gasteiger partial charge on any atom is -0.309 e. The first-order chi connectivity index (χ1) is 10.6. The first kappa shape index (κ1) is 14.8. The second-order valence-electron chi connectivity index (χ2n) is 5.57. The van der Waals surface area contributed by atoms with Crippen LogP contribution in [0.5, 0.6) is 0 Å². The zero-order chi connectivity index (χ0) is 15.6. The summed E-state index contributed by atoms with van der Waals surface area (Å²) in [5, 5.41) is 2.69. The minimum absolute atomic E-state index is 0.883. The van der Waals surface area contributed by atoms with Crippen LogP contribution in [0.1, 0.15) is 11.1 Å². The summed E-state index contributed by atoms with van der Waals surface area (Å²) in [5.41, 5.74) is 2.24. The SMILES string of the molecule is Cc1ccc([P@](=O)(c2ccccc2)c2ccccc2C)cc1. The van der Waals surface area contributed by atoms with Gasteiger partial charge in [0.2, 0.25) is 0 Å². The Hall–Kier alpha value is -2.11. The predicted octanol–water partition coefficient (Wildman–Crippen LogP) is 3.94. The Morgan fingerprint density at radius 1 is 0.636 bits per heavy atom. The van der Waals surface area contributed by atoms with Gasteiger partial charge in [0.1, 0.15) is 0 Å². The van der Waals surface area contributed by atoms with Crippen LogP contribution in [0.3, 0.4) is 0 Å². The number of rotatable bonds is 3. The number of hydrogen-bond acceptors (Lipinski definition) is 1. The van der Waals surface area contributed by atoms with Crippen molar-refractivity contribution < 1.29 is 4.57 Å². The van der Waals surface area contributed by atoms with E-state index in [9.17, 15) is 4.57 Å². The van der Waals surface area contributed by atoms with E-state index < -0.39 is 7.14 Å². The topological polar surface area (TPSA) is 17.1 Å². The summed E-state index contributed by atoms with van der Waals surface area (Å²) < 4.78 is 14.2. The van der Waals surface area contributed by atoms with Crippen LogP contribution in [0.25, 0.3) is 0 Å². The molecule has 3 aromatic rings. The van der Waals surface area contributed by atoms with Gasteiger partial charge in [0.05, 0.1) is 0 Å². The molecule has 2 heteroatoms. The standard InChI is InChI=1S/C20H19OP/c1-16-12-14-19(15-13-16)22(21,18-9-4-3-5-10-18)20-11-7-6-8-17(20)2/h3-15H,1-2H3/t22-/m1/s1. The number of hydrogen-bond donors (Lipinski definition) is 0. The largest absolute Gasteiger partial charge is 0.309 e. The minimum atomic E-state index is -2.83. The van der Waals surface area contributed by atoms with Crippen molar-refractivity contribution in [1.29, 1.82) is 0 Å². The van der Waals surface area contributed by atoms with Crippen molar-refractivity contribution in [2.24, 2.45) is 0 Å². The molecule has 0 unspecified atom stereocenters. The molecule has 0 radical (unpaired) electrons. The summed E-state index contributed by atoms with van der Waals surface area (Å²) in [6.45, 7) is 4.07. The number of benzene rings is 3. The molecule has 0 fully saturated rings. The average Bonchev–Trinajstić information content (AvgIpc) is 2.56. The van der Waals surface area contributed by atoms with Gasteiger partial charge in [-0.1, -0.05) is 84.4 Å². The van der Waals surface area contributed by atoms with Gasteiger partial charge in [0, 0.05) is 15.9 Å². The van der Waals surface area contributed by atoms with E-state index in [1.807, 2.05) is 92.7 Å². The Balaban J connectivity index is 2.30. The third kappa shape index (κ3) is 2.53. The Labute approximate surface area is 132 Å². The molecule has 22 heavy (non-hydrogen) atoms. The van der Waals surface area contributed by atoms with E-state index in [4.69, 9.17) is 0 Å². The fourth-order valence-electron chi connectivity index (χ4n) is 2.74. The van der Waals surface area contributed by atoms with Gasteiger partial charge >= 0.3 is 0 Å². The smallest absolute Gasteiger partial charge is 0.171 e. The first-order valence-electron chi connectivity index (χ1n) is 7.41. The zero-order valence-corrected chi connectivity index (χ0v) is 13.8. The van der Waals surface area contributed by atoms with Gasteiger partial charge in [-0.25, -0.2) is 0 Å². The van der Waals surface area contributed by atoms with E-state index in [1.165, 1.54) is 5.56 Å². The molecule has 0 aliphatic rings. The molecule has 1 atom stereocenters. The second-order valence-corrected chi connectivity index (χ2v) is 8.30. The Morgan fingerprint density at radius 3 is 1.82 bits per heavy atom. The molecule has 0 saturated carbocycles. The molecule has 0 aliphatic carbocycles. The predicted molar refractivity (Wildman–Crippen MR) is 95.3 cm³/mol. The van der Waals surface area contributed by atoms with Crippen molar-refractivity contribution in [3.63, 3.8) is 0 Å². The summed E-state index contributed by atoms with van der Waals surface area (Å²) in [5.74, 6) is 0. The van der Waals surface area contributed by atoms with Crippen LogP contribution < -0.4 is 15.9 Å². The van der Waals surface area contributed by atoms with Crippen molar-refractivity contribution in [1.82, 2.24) is 0 Å². The van der Waals surface area contributed by atoms with Gasteiger partial charge in [-0.3, -0.25) is 0 Å². The summed E-state index contributed by atoms with van der Waals surface area (Å²) in [7, 11) is -2.83. The molecule has 0 N–H and O–H groups in total. The molecule has 3 rings (SSSR count). The van der Waals surface area contributed by atoms with E-state index in [0.29, 0.717) is 0 Å². The van der Waals surface area contributed by atoms with Gasteiger partial charge in [-0.2, -0.15) is 0 Å². The van der Waals surface area contributed by atoms with E-state index in [1.54, 1.807) is 0 Å². The maximum Gasteiger partial charge on any atom is 0.171 e. The van der Waals surface area contributed by atoms with Gasteiger partial charge in [0.15, 0.2) is 7.14 Å². The third-order valence-corrected chi connectivity index (χ3v) is 7.20. The maximum atomic E-state index is 14.2. The second kappa shape index (κ2) is 5.94. The summed E-state index contributed by atoms with van der Waals surface area (Å²) in [6.07, 6.45) is 0. The van der Waals surface area contributed by atoms with Gasteiger partial charge in [-0.05, 0) is 19.4 Å². The van der Waals surface area contributed by atoms with Crippen molar-refractivity contribution in [3.8, 4) is 0 Å². The van der Waals surface area contributed by atoms with E-state index >= 15 is 0 Å². The number of aryl methyl sites for hydroxylation is 2. The first-order valence-corrected chi connectivity index (χ1v) is 9.12. The molecule has 110 valence electrons. The summed E-state index contributed by atoms with van der Waals surface area (Å²) in [4.78, 5) is 0. The lowest BCUT2D eigenvalue weighted by atomic mass is 10.2. The molecule has 0 heterocycles. The molecule has 0 amide bonds. The van der Waals surface area contributed by atoms with E-state index in [2.05, 4.69) is 0 Å². The van der Waals surface area contributed by atoms with Crippen LogP contribution in [0, 0.1) is 13.8 Å². The lowest BCUT2D eigenvalue weighted by molar-refractivity contribution is 0.592. The molecular formula is C20H19OP. The van der Waals surface area contributed by atoms with E-state index in [-0.39, 0.29) is 0 Å². The fraction of sp³-hybridized carbons (Fsp3) is 0.100. The zero-order valence-electron chi connectivity index (χ0n) is 12.9. The molecular weight excluding hydrogens is 287 g/mol. The maximum absolute atomic E-state index is 14.2. The average molecular weight is 306 g/mol. The Bertz CT molecular complexity index is 820. The highest BCUT2D eigenvalue weighted by Gasteiger charge is 2.30. The van der Waals surface area contributed by atoms with Crippen molar-refractivity contribution in [3.05, 3.63) is 90.0 Å². The molecule has 0 saturated heterocycles. The van der Waals surface area contributed by atoms with Gasteiger partial charge in [0.25, 0.3) is 0 Å². The van der Waals surface area contributed by atoms with Crippen LogP contribution in [0.2, 0.25) is 0 Å². The van der Waals surface area contributed by atoms with Crippen molar-refractivity contribution >= 4 is 23.1 Å². The Morgan fingerprint density at radius 2 is 1.18 bits per heavy atom. The normalized spacial score (nSPS) is 13.5. The fourth-order valence-corrected chi connectivity index (χ4v) is 5.62. The molecule has 0 bridgehead atoms. The summed E-state index contributed by atoms with van der Waals surface area (Å²) in [6, 6.07) is 25.8. The molecule has 1 nitrogen and oxygen atoms in total. The third-order valence-electron chi connectivity index (χ3n) is 3.97. The molecule has 0 spiro atoms. The van der Waals surface area contributed by atoms with Crippen LogP contribution in [0.4, 0.5) is 0 Å². The van der Waals surface area contributed by atoms with Crippen LogP contribution in [-0.2, 0) is 4.57 Å². The highest BCUT2D eigenvalue weighted by atomic mass is 31.2. The monoisotopic (exact) mass is 306 g/mol. The van der Waals surface area contributed by atoms with Gasteiger partial charge < -0.3 is 4.57 Å².